The summed E-state index contributed by atoms with van der Waals surface area (Å²) in [5.74, 6) is -1.48. The number of carbonyl (C=O) groups excluding carboxylic acids is 2. The fraction of sp³-hybridized carbons (Fsp3) is 0.200. The van der Waals surface area contributed by atoms with Crippen molar-refractivity contribution in [2.45, 2.75) is 19.4 Å². The first-order valence-electron chi connectivity index (χ1n) is 8.83. The molecule has 0 unspecified atom stereocenters. The van der Waals surface area contributed by atoms with Crippen LogP contribution in [0.25, 0.3) is 11.0 Å². The van der Waals surface area contributed by atoms with Crippen molar-refractivity contribution in [1.82, 2.24) is 14.9 Å². The standard InChI is InChI=1S/C20H18ClFN4O3/c1-23-18(27)9-8-16-20(29)26(17-5-3-2-4-15(17)24-16)11-19(28)25-14-7-6-12(21)10-13(14)22/h2-7,10H,8-9,11H2,1H3,(H,23,27)(H,25,28). The molecule has 0 saturated carbocycles. The Morgan fingerprint density at radius 3 is 2.66 bits per heavy atom. The maximum absolute atomic E-state index is 13.9. The Hall–Kier alpha value is -3.26. The second kappa shape index (κ2) is 8.83. The molecule has 3 rings (SSSR count). The summed E-state index contributed by atoms with van der Waals surface area (Å²) in [7, 11) is 1.51. The third-order valence-electron chi connectivity index (χ3n) is 4.29. The predicted molar refractivity (Wildman–Crippen MR) is 108 cm³/mol. The van der Waals surface area contributed by atoms with Gasteiger partial charge in [-0.2, -0.15) is 0 Å². The molecule has 0 spiro atoms. The van der Waals surface area contributed by atoms with Gasteiger partial charge in [0, 0.05) is 24.9 Å². The number of rotatable bonds is 6. The number of anilines is 1. The highest BCUT2D eigenvalue weighted by molar-refractivity contribution is 6.30. The van der Waals surface area contributed by atoms with Crippen LogP contribution in [-0.4, -0.2) is 28.4 Å². The number of carbonyl (C=O) groups is 2. The molecule has 9 heteroatoms. The lowest BCUT2D eigenvalue weighted by Crippen LogP contribution is -2.31. The van der Waals surface area contributed by atoms with Crippen LogP contribution < -0.4 is 16.2 Å². The number of aryl methyl sites for hydroxylation is 1. The van der Waals surface area contributed by atoms with Gasteiger partial charge >= 0.3 is 0 Å². The number of benzene rings is 2. The number of hydrogen-bond acceptors (Lipinski definition) is 4. The average molecular weight is 417 g/mol. The van der Waals surface area contributed by atoms with Gasteiger partial charge in [-0.3, -0.25) is 19.0 Å². The summed E-state index contributed by atoms with van der Waals surface area (Å²) in [5, 5.41) is 5.14. The molecule has 0 aliphatic carbocycles. The zero-order valence-corrected chi connectivity index (χ0v) is 16.3. The molecule has 1 heterocycles. The molecule has 1 aromatic heterocycles. The highest BCUT2D eigenvalue weighted by atomic mass is 35.5. The molecule has 3 aromatic rings. The summed E-state index contributed by atoms with van der Waals surface area (Å²) >= 11 is 5.72. The maximum Gasteiger partial charge on any atom is 0.273 e. The van der Waals surface area contributed by atoms with Crippen molar-refractivity contribution < 1.29 is 14.0 Å². The molecule has 150 valence electrons. The number of nitrogens with one attached hydrogen (secondary N) is 2. The van der Waals surface area contributed by atoms with Gasteiger partial charge < -0.3 is 10.6 Å². The summed E-state index contributed by atoms with van der Waals surface area (Å²) in [6.45, 7) is -0.336. The van der Waals surface area contributed by atoms with Crippen molar-refractivity contribution >= 4 is 40.1 Å². The third kappa shape index (κ3) is 4.78. The lowest BCUT2D eigenvalue weighted by atomic mass is 10.2. The van der Waals surface area contributed by atoms with Crippen molar-refractivity contribution in [2.24, 2.45) is 0 Å². The first kappa shape index (κ1) is 20.5. The Morgan fingerprint density at radius 2 is 1.93 bits per heavy atom. The van der Waals surface area contributed by atoms with Gasteiger partial charge in [0.2, 0.25) is 11.8 Å². The van der Waals surface area contributed by atoms with Crippen LogP contribution in [0.15, 0.2) is 47.3 Å². The molecule has 29 heavy (non-hydrogen) atoms. The van der Waals surface area contributed by atoms with E-state index in [4.69, 9.17) is 11.6 Å². The van der Waals surface area contributed by atoms with Gasteiger partial charge in [0.05, 0.1) is 16.7 Å². The number of fused-ring (bicyclic) bond motifs is 1. The summed E-state index contributed by atoms with van der Waals surface area (Å²) in [5.41, 5.74) is 0.653. The predicted octanol–water partition coefficient (Wildman–Crippen LogP) is 2.51. The third-order valence-corrected chi connectivity index (χ3v) is 4.53. The van der Waals surface area contributed by atoms with Crippen LogP contribution >= 0.6 is 11.6 Å². The Labute approximate surface area is 170 Å². The molecule has 0 saturated heterocycles. The van der Waals surface area contributed by atoms with Gasteiger partial charge in [-0.1, -0.05) is 23.7 Å². The highest BCUT2D eigenvalue weighted by Crippen LogP contribution is 2.19. The molecular formula is C20H18ClFN4O3. The zero-order valence-electron chi connectivity index (χ0n) is 15.5. The lowest BCUT2D eigenvalue weighted by molar-refractivity contribution is -0.120. The van der Waals surface area contributed by atoms with Crippen LogP contribution in [0.3, 0.4) is 0 Å². The Kier molecular flexibility index (Phi) is 6.23. The number of aromatic nitrogens is 2. The van der Waals surface area contributed by atoms with E-state index < -0.39 is 17.3 Å². The number of nitrogens with zero attached hydrogens (tertiary/aromatic N) is 2. The summed E-state index contributed by atoms with van der Waals surface area (Å²) in [4.78, 5) is 41.2. The molecule has 0 bridgehead atoms. The molecule has 0 radical (unpaired) electrons. The number of para-hydroxylation sites is 2. The van der Waals surface area contributed by atoms with Gasteiger partial charge in [0.25, 0.3) is 5.56 Å². The molecule has 0 fully saturated rings. The van der Waals surface area contributed by atoms with E-state index in [9.17, 15) is 18.8 Å². The molecule has 2 amide bonds. The van der Waals surface area contributed by atoms with Gasteiger partial charge in [-0.25, -0.2) is 9.37 Å². The van der Waals surface area contributed by atoms with Crippen LogP contribution in [0, 0.1) is 5.82 Å². The van der Waals surface area contributed by atoms with Crippen LogP contribution in [0.2, 0.25) is 5.02 Å². The number of hydrogen-bond donors (Lipinski definition) is 2. The van der Waals surface area contributed by atoms with Crippen LogP contribution in [0.5, 0.6) is 0 Å². The molecule has 0 aliphatic heterocycles. The van der Waals surface area contributed by atoms with Crippen molar-refractivity contribution in [3.63, 3.8) is 0 Å². The van der Waals surface area contributed by atoms with E-state index in [0.29, 0.717) is 11.0 Å². The van der Waals surface area contributed by atoms with E-state index in [1.165, 1.54) is 23.7 Å². The van der Waals surface area contributed by atoms with Crippen LogP contribution in [0.1, 0.15) is 12.1 Å². The van der Waals surface area contributed by atoms with E-state index >= 15 is 0 Å². The number of halogens is 2. The first-order valence-corrected chi connectivity index (χ1v) is 9.21. The van der Waals surface area contributed by atoms with Crippen LogP contribution in [-0.2, 0) is 22.6 Å². The zero-order chi connectivity index (χ0) is 21.0. The Balaban J connectivity index is 1.92. The molecule has 2 N–H and O–H groups in total. The van der Waals surface area contributed by atoms with E-state index in [2.05, 4.69) is 15.6 Å². The van der Waals surface area contributed by atoms with Crippen LogP contribution in [0.4, 0.5) is 10.1 Å². The van der Waals surface area contributed by atoms with Gasteiger partial charge in [-0.15, -0.1) is 0 Å². The monoisotopic (exact) mass is 416 g/mol. The average Bonchev–Trinajstić information content (AvgIpc) is 2.70. The second-order valence-corrected chi connectivity index (χ2v) is 6.72. The normalized spacial score (nSPS) is 10.7. The Bertz CT molecular complexity index is 1150. The SMILES string of the molecule is CNC(=O)CCc1nc2ccccc2n(CC(=O)Nc2ccc(Cl)cc2F)c1=O. The second-order valence-electron chi connectivity index (χ2n) is 6.28. The lowest BCUT2D eigenvalue weighted by Gasteiger charge is -2.13. The van der Waals surface area contributed by atoms with Crippen molar-refractivity contribution in [3.8, 4) is 0 Å². The fourth-order valence-corrected chi connectivity index (χ4v) is 3.01. The van der Waals surface area contributed by atoms with Gasteiger partial charge in [-0.05, 0) is 30.3 Å². The molecule has 2 aromatic carbocycles. The van der Waals surface area contributed by atoms with Crippen molar-refractivity contribution in [1.29, 1.82) is 0 Å². The Morgan fingerprint density at radius 1 is 1.17 bits per heavy atom. The minimum absolute atomic E-state index is 0.0364. The van der Waals surface area contributed by atoms with Gasteiger partial charge in [0.1, 0.15) is 18.1 Å². The topological polar surface area (TPSA) is 93.1 Å². The van der Waals surface area contributed by atoms with Crippen molar-refractivity contribution in [2.75, 3.05) is 12.4 Å². The maximum atomic E-state index is 13.9. The molecule has 0 atom stereocenters. The molecule has 7 nitrogen and oxygen atoms in total. The van der Waals surface area contributed by atoms with E-state index in [0.717, 1.165) is 6.07 Å². The van der Waals surface area contributed by atoms with E-state index in [-0.39, 0.29) is 41.7 Å². The largest absolute Gasteiger partial charge is 0.359 e. The smallest absolute Gasteiger partial charge is 0.273 e. The highest BCUT2D eigenvalue weighted by Gasteiger charge is 2.15. The fourth-order valence-electron chi connectivity index (χ4n) is 2.85. The van der Waals surface area contributed by atoms with Gasteiger partial charge in [0.15, 0.2) is 0 Å². The summed E-state index contributed by atoms with van der Waals surface area (Å²) in [6.07, 6.45) is 0.232. The quantitative estimate of drug-likeness (QED) is 0.645. The summed E-state index contributed by atoms with van der Waals surface area (Å²) < 4.78 is 15.2. The minimum atomic E-state index is -0.677. The van der Waals surface area contributed by atoms with E-state index in [1.807, 2.05) is 0 Å². The molecule has 0 aliphatic rings. The van der Waals surface area contributed by atoms with E-state index in [1.54, 1.807) is 24.3 Å². The number of amides is 2. The molecular weight excluding hydrogens is 399 g/mol. The minimum Gasteiger partial charge on any atom is -0.359 e. The first-order chi connectivity index (χ1) is 13.9. The summed E-state index contributed by atoms with van der Waals surface area (Å²) in [6, 6.07) is 10.7. The van der Waals surface area contributed by atoms with Crippen molar-refractivity contribution in [3.05, 3.63) is 69.4 Å².